The number of rotatable bonds is 3. The Bertz CT molecular complexity index is 539. The van der Waals surface area contributed by atoms with Gasteiger partial charge < -0.3 is 5.32 Å². The summed E-state index contributed by atoms with van der Waals surface area (Å²) >= 11 is 2.18. The predicted octanol–water partition coefficient (Wildman–Crippen LogP) is 1.46. The van der Waals surface area contributed by atoms with Crippen LogP contribution in [-0.2, 0) is 9.84 Å². The molecule has 18 heavy (non-hydrogen) atoms. The minimum Gasteiger partial charge on any atom is -0.352 e. The topological polar surface area (TPSA) is 63.2 Å². The molecule has 1 aromatic rings. The van der Waals surface area contributed by atoms with Crippen LogP contribution in [-0.4, -0.2) is 32.4 Å². The highest BCUT2D eigenvalue weighted by molar-refractivity contribution is 14.1. The van der Waals surface area contributed by atoms with Crippen LogP contribution >= 0.6 is 22.6 Å². The lowest BCUT2D eigenvalue weighted by molar-refractivity contribution is 0.0948. The molecular formula is C12H14INO3S. The zero-order valence-electron chi connectivity index (χ0n) is 9.73. The molecule has 0 spiro atoms. The Labute approximate surface area is 120 Å². The van der Waals surface area contributed by atoms with Crippen molar-refractivity contribution in [2.24, 2.45) is 5.92 Å². The van der Waals surface area contributed by atoms with Crippen molar-refractivity contribution in [3.63, 3.8) is 0 Å². The molecule has 1 amide bonds. The number of nitrogens with one attached hydrogen (secondary N) is 1. The maximum atomic E-state index is 11.8. The Hall–Kier alpha value is -0.630. The van der Waals surface area contributed by atoms with Crippen molar-refractivity contribution in [1.82, 2.24) is 5.32 Å². The van der Waals surface area contributed by atoms with Crippen molar-refractivity contribution >= 4 is 38.3 Å². The van der Waals surface area contributed by atoms with Crippen LogP contribution < -0.4 is 5.32 Å². The summed E-state index contributed by atoms with van der Waals surface area (Å²) in [4.78, 5) is 11.8. The summed E-state index contributed by atoms with van der Waals surface area (Å²) in [7, 11) is -2.87. The molecule has 98 valence electrons. The molecule has 0 radical (unpaired) electrons. The van der Waals surface area contributed by atoms with Gasteiger partial charge in [0.05, 0.1) is 11.5 Å². The summed E-state index contributed by atoms with van der Waals surface area (Å²) in [6, 6.07) is 7.27. The number of hydrogen-bond acceptors (Lipinski definition) is 3. The Morgan fingerprint density at radius 3 is 2.56 bits per heavy atom. The largest absolute Gasteiger partial charge is 0.352 e. The van der Waals surface area contributed by atoms with E-state index in [0.717, 1.165) is 3.57 Å². The molecule has 4 nitrogen and oxygen atoms in total. The van der Waals surface area contributed by atoms with E-state index in [9.17, 15) is 13.2 Å². The first-order chi connectivity index (χ1) is 8.46. The number of carbonyl (C=O) groups excluding carboxylic acids is 1. The van der Waals surface area contributed by atoms with Gasteiger partial charge in [-0.3, -0.25) is 4.79 Å². The van der Waals surface area contributed by atoms with Gasteiger partial charge in [0.2, 0.25) is 0 Å². The van der Waals surface area contributed by atoms with Gasteiger partial charge in [0.1, 0.15) is 0 Å². The summed E-state index contributed by atoms with van der Waals surface area (Å²) < 4.78 is 23.6. The first kappa shape index (κ1) is 13.8. The van der Waals surface area contributed by atoms with Crippen LogP contribution in [0.5, 0.6) is 0 Å². The zero-order valence-corrected chi connectivity index (χ0v) is 12.7. The third kappa shape index (κ3) is 3.68. The van der Waals surface area contributed by atoms with Gasteiger partial charge >= 0.3 is 0 Å². The van der Waals surface area contributed by atoms with E-state index in [1.807, 2.05) is 12.1 Å². The number of amides is 1. The van der Waals surface area contributed by atoms with E-state index in [1.165, 1.54) is 0 Å². The number of benzene rings is 1. The fourth-order valence-corrected chi connectivity index (χ4v) is 4.19. The maximum absolute atomic E-state index is 11.8. The standard InChI is InChI=1S/C12H14INO3S/c13-11-3-1-10(2-4-11)12(15)14-7-9-5-6-18(16,17)8-9/h1-4,9H,5-8H2,(H,14,15). The highest BCUT2D eigenvalue weighted by atomic mass is 127. The highest BCUT2D eigenvalue weighted by Gasteiger charge is 2.27. The average molecular weight is 379 g/mol. The van der Waals surface area contributed by atoms with Crippen LogP contribution in [0.15, 0.2) is 24.3 Å². The second kappa shape index (κ2) is 5.56. The second-order valence-electron chi connectivity index (χ2n) is 4.49. The molecule has 0 aromatic heterocycles. The van der Waals surface area contributed by atoms with Gasteiger partial charge in [-0.05, 0) is 59.2 Å². The van der Waals surface area contributed by atoms with E-state index in [2.05, 4.69) is 27.9 Å². The van der Waals surface area contributed by atoms with Crippen LogP contribution in [0.1, 0.15) is 16.8 Å². The zero-order chi connectivity index (χ0) is 13.2. The van der Waals surface area contributed by atoms with Crippen LogP contribution in [0.4, 0.5) is 0 Å². The minimum atomic E-state index is -2.87. The normalized spacial score (nSPS) is 21.7. The first-order valence-corrected chi connectivity index (χ1v) is 8.60. The van der Waals surface area contributed by atoms with Crippen molar-refractivity contribution in [3.8, 4) is 0 Å². The molecule has 1 aromatic carbocycles. The van der Waals surface area contributed by atoms with Crippen LogP contribution in [0.3, 0.4) is 0 Å². The lowest BCUT2D eigenvalue weighted by Crippen LogP contribution is -2.29. The van der Waals surface area contributed by atoms with Crippen molar-refractivity contribution in [2.75, 3.05) is 18.1 Å². The fraction of sp³-hybridized carbons (Fsp3) is 0.417. The molecule has 1 N–H and O–H groups in total. The molecule has 1 aliphatic heterocycles. The average Bonchev–Trinajstić information content (AvgIpc) is 2.67. The van der Waals surface area contributed by atoms with Crippen LogP contribution in [0.25, 0.3) is 0 Å². The number of halogens is 1. The lowest BCUT2D eigenvalue weighted by atomic mass is 10.1. The Morgan fingerprint density at radius 2 is 2.00 bits per heavy atom. The van der Waals surface area contributed by atoms with E-state index in [1.54, 1.807) is 12.1 Å². The third-order valence-electron chi connectivity index (χ3n) is 2.98. The van der Waals surface area contributed by atoms with Gasteiger partial charge in [0.25, 0.3) is 5.91 Å². The highest BCUT2D eigenvalue weighted by Crippen LogP contribution is 2.17. The van der Waals surface area contributed by atoms with E-state index >= 15 is 0 Å². The van der Waals surface area contributed by atoms with E-state index in [4.69, 9.17) is 0 Å². The van der Waals surface area contributed by atoms with Gasteiger partial charge in [-0.2, -0.15) is 0 Å². The summed E-state index contributed by atoms with van der Waals surface area (Å²) in [6.07, 6.45) is 0.648. The molecule has 1 heterocycles. The number of sulfone groups is 1. The summed E-state index contributed by atoms with van der Waals surface area (Å²) in [5.74, 6) is 0.357. The second-order valence-corrected chi connectivity index (χ2v) is 7.96. The quantitative estimate of drug-likeness (QED) is 0.809. The van der Waals surface area contributed by atoms with Crippen molar-refractivity contribution in [1.29, 1.82) is 0 Å². The van der Waals surface area contributed by atoms with E-state index in [-0.39, 0.29) is 23.3 Å². The third-order valence-corrected chi connectivity index (χ3v) is 5.54. The van der Waals surface area contributed by atoms with Gasteiger partial charge in [0.15, 0.2) is 9.84 Å². The smallest absolute Gasteiger partial charge is 0.251 e. The van der Waals surface area contributed by atoms with Crippen molar-refractivity contribution in [3.05, 3.63) is 33.4 Å². The van der Waals surface area contributed by atoms with Gasteiger partial charge in [0, 0.05) is 15.7 Å². The predicted molar refractivity (Wildman–Crippen MR) is 78.3 cm³/mol. The minimum absolute atomic E-state index is 0.0581. The molecule has 0 bridgehead atoms. The monoisotopic (exact) mass is 379 g/mol. The van der Waals surface area contributed by atoms with Gasteiger partial charge in [-0.15, -0.1) is 0 Å². The molecule has 0 saturated carbocycles. The first-order valence-electron chi connectivity index (χ1n) is 5.70. The van der Waals surface area contributed by atoms with Crippen LogP contribution in [0.2, 0.25) is 0 Å². The molecule has 0 aliphatic carbocycles. The van der Waals surface area contributed by atoms with E-state index in [0.29, 0.717) is 18.5 Å². The summed E-state index contributed by atoms with van der Waals surface area (Å²) in [5, 5.41) is 2.79. The van der Waals surface area contributed by atoms with Crippen molar-refractivity contribution < 1.29 is 13.2 Å². The lowest BCUT2D eigenvalue weighted by Gasteiger charge is -2.09. The Balaban J connectivity index is 1.87. The molecule has 1 saturated heterocycles. The van der Waals surface area contributed by atoms with Gasteiger partial charge in [-0.1, -0.05) is 0 Å². The summed E-state index contributed by atoms with van der Waals surface area (Å²) in [6.45, 7) is 0.435. The molecule has 1 fully saturated rings. The molecular weight excluding hydrogens is 365 g/mol. The van der Waals surface area contributed by atoms with Gasteiger partial charge in [-0.25, -0.2) is 8.42 Å². The molecule has 1 atom stereocenters. The fourth-order valence-electron chi connectivity index (χ4n) is 1.97. The number of carbonyl (C=O) groups is 1. The van der Waals surface area contributed by atoms with Crippen molar-refractivity contribution in [2.45, 2.75) is 6.42 Å². The SMILES string of the molecule is O=C(NCC1CCS(=O)(=O)C1)c1ccc(I)cc1. The molecule has 6 heteroatoms. The Morgan fingerprint density at radius 1 is 1.33 bits per heavy atom. The molecule has 2 rings (SSSR count). The number of hydrogen-bond donors (Lipinski definition) is 1. The molecule has 1 aliphatic rings. The molecule has 1 unspecified atom stereocenters. The Kier molecular flexibility index (Phi) is 4.26. The maximum Gasteiger partial charge on any atom is 0.251 e. The van der Waals surface area contributed by atoms with E-state index < -0.39 is 9.84 Å². The summed E-state index contributed by atoms with van der Waals surface area (Å²) in [5.41, 5.74) is 0.608. The van der Waals surface area contributed by atoms with Crippen LogP contribution in [0, 0.1) is 9.49 Å².